The van der Waals surface area contributed by atoms with Gasteiger partial charge in [0.05, 0.1) is 10.6 Å². The molecule has 1 N–H and O–H groups in total. The minimum Gasteiger partial charge on any atom is -0.320 e. The zero-order valence-electron chi connectivity index (χ0n) is 18.0. The normalized spacial score (nSPS) is 11.4. The molecule has 0 aliphatic carbocycles. The first-order valence-corrected chi connectivity index (χ1v) is 11.5. The van der Waals surface area contributed by atoms with Crippen molar-refractivity contribution in [2.75, 3.05) is 16.2 Å². The Bertz CT molecular complexity index is 1190. The largest absolute Gasteiger partial charge is 0.320 e. The first-order valence-electron chi connectivity index (χ1n) is 10.0. The highest BCUT2D eigenvalue weighted by Gasteiger charge is 2.28. The Hall–Kier alpha value is -3.26. The Labute approximate surface area is 186 Å². The maximum atomic E-state index is 13.9. The van der Waals surface area contributed by atoms with Crippen LogP contribution in [-0.2, 0) is 14.8 Å². The summed E-state index contributed by atoms with van der Waals surface area (Å²) in [7, 11) is -4.13. The van der Waals surface area contributed by atoms with Crippen LogP contribution in [0.2, 0.25) is 0 Å². The van der Waals surface area contributed by atoms with E-state index in [9.17, 15) is 22.0 Å². The molecule has 0 atom stereocenters. The van der Waals surface area contributed by atoms with Gasteiger partial charge in [0.2, 0.25) is 5.91 Å². The van der Waals surface area contributed by atoms with E-state index in [1.807, 2.05) is 20.8 Å². The van der Waals surface area contributed by atoms with E-state index in [1.54, 1.807) is 36.4 Å². The second kappa shape index (κ2) is 9.48. The van der Waals surface area contributed by atoms with Gasteiger partial charge in [0.25, 0.3) is 10.0 Å². The smallest absolute Gasteiger partial charge is 0.264 e. The van der Waals surface area contributed by atoms with Gasteiger partial charge in [0, 0.05) is 0 Å². The van der Waals surface area contributed by atoms with Crippen LogP contribution in [0.15, 0.2) is 71.6 Å². The molecule has 168 valence electrons. The zero-order valence-corrected chi connectivity index (χ0v) is 18.8. The molecule has 0 aliphatic rings. The van der Waals surface area contributed by atoms with E-state index in [4.69, 9.17) is 0 Å². The van der Waals surface area contributed by atoms with Gasteiger partial charge in [-0.2, -0.15) is 0 Å². The molecule has 0 aromatic heterocycles. The summed E-state index contributed by atoms with van der Waals surface area (Å²) in [5.74, 6) is -2.55. The molecule has 0 spiro atoms. The van der Waals surface area contributed by atoms with Crippen molar-refractivity contribution in [1.29, 1.82) is 0 Å². The highest BCUT2D eigenvalue weighted by molar-refractivity contribution is 7.92. The number of hydrogen-bond acceptors (Lipinski definition) is 3. The standard InChI is InChI=1S/C24H24F2N2O3S/c1-16(2)18-9-11-19(12-10-18)28(32(30,31)20-13-7-17(3)8-14-20)15-23(29)27-24-21(25)5-4-6-22(24)26/h4-14,16H,15H2,1-3H3,(H,27,29). The average Bonchev–Trinajstić information content (AvgIpc) is 2.75. The average molecular weight is 459 g/mol. The molecular weight excluding hydrogens is 434 g/mol. The summed E-state index contributed by atoms with van der Waals surface area (Å²) in [5.41, 5.74) is 1.52. The van der Waals surface area contributed by atoms with Gasteiger partial charge in [0.1, 0.15) is 23.9 Å². The maximum Gasteiger partial charge on any atom is 0.264 e. The quantitative estimate of drug-likeness (QED) is 0.527. The molecule has 0 unspecified atom stereocenters. The Morgan fingerprint density at radius 1 is 0.938 bits per heavy atom. The number of rotatable bonds is 7. The lowest BCUT2D eigenvalue weighted by molar-refractivity contribution is -0.114. The number of halogens is 2. The molecule has 0 saturated carbocycles. The third kappa shape index (κ3) is 5.13. The number of nitrogens with zero attached hydrogens (tertiary/aromatic N) is 1. The van der Waals surface area contributed by atoms with E-state index >= 15 is 0 Å². The third-order valence-corrected chi connectivity index (χ3v) is 6.76. The van der Waals surface area contributed by atoms with Gasteiger partial charge in [-0.05, 0) is 54.8 Å². The van der Waals surface area contributed by atoms with E-state index in [-0.39, 0.29) is 16.5 Å². The molecule has 0 aliphatic heterocycles. The van der Waals surface area contributed by atoms with Crippen LogP contribution < -0.4 is 9.62 Å². The van der Waals surface area contributed by atoms with Crippen LogP contribution in [0.25, 0.3) is 0 Å². The van der Waals surface area contributed by atoms with Gasteiger partial charge in [-0.15, -0.1) is 0 Å². The molecule has 0 saturated heterocycles. The van der Waals surface area contributed by atoms with Gasteiger partial charge in [-0.1, -0.05) is 49.7 Å². The minimum atomic E-state index is -4.13. The number of para-hydroxylation sites is 1. The van der Waals surface area contributed by atoms with E-state index in [0.717, 1.165) is 27.6 Å². The predicted molar refractivity (Wildman–Crippen MR) is 121 cm³/mol. The number of nitrogens with one attached hydrogen (secondary N) is 1. The van der Waals surface area contributed by atoms with Crippen LogP contribution in [0, 0.1) is 18.6 Å². The maximum absolute atomic E-state index is 13.9. The molecule has 0 heterocycles. The monoisotopic (exact) mass is 458 g/mol. The number of hydrogen-bond donors (Lipinski definition) is 1. The van der Waals surface area contributed by atoms with Crippen molar-refractivity contribution >= 4 is 27.3 Å². The van der Waals surface area contributed by atoms with Gasteiger partial charge < -0.3 is 5.32 Å². The van der Waals surface area contributed by atoms with Gasteiger partial charge in [-0.3, -0.25) is 9.10 Å². The number of carbonyl (C=O) groups excluding carboxylic acids is 1. The highest BCUT2D eigenvalue weighted by atomic mass is 32.2. The fourth-order valence-electron chi connectivity index (χ4n) is 3.10. The van der Waals surface area contributed by atoms with Crippen LogP contribution in [0.1, 0.15) is 30.9 Å². The first-order chi connectivity index (χ1) is 15.1. The van der Waals surface area contributed by atoms with Crippen LogP contribution in [0.5, 0.6) is 0 Å². The molecule has 0 fully saturated rings. The highest BCUT2D eigenvalue weighted by Crippen LogP contribution is 2.26. The number of aryl methyl sites for hydroxylation is 1. The summed E-state index contributed by atoms with van der Waals surface area (Å²) in [4.78, 5) is 12.7. The van der Waals surface area contributed by atoms with E-state index in [2.05, 4.69) is 5.32 Å². The van der Waals surface area contributed by atoms with Crippen LogP contribution in [0.4, 0.5) is 20.2 Å². The molecule has 32 heavy (non-hydrogen) atoms. The van der Waals surface area contributed by atoms with Crippen molar-refractivity contribution in [2.45, 2.75) is 31.6 Å². The Balaban J connectivity index is 1.98. The summed E-state index contributed by atoms with van der Waals surface area (Å²) in [6.07, 6.45) is 0. The number of carbonyl (C=O) groups is 1. The SMILES string of the molecule is Cc1ccc(S(=O)(=O)N(CC(=O)Nc2c(F)cccc2F)c2ccc(C(C)C)cc2)cc1. The minimum absolute atomic E-state index is 0.000841. The second-order valence-electron chi connectivity index (χ2n) is 7.72. The van der Waals surface area contributed by atoms with E-state index in [0.29, 0.717) is 0 Å². The molecular formula is C24H24F2N2O3S. The molecule has 3 aromatic rings. The second-order valence-corrected chi connectivity index (χ2v) is 9.58. The lowest BCUT2D eigenvalue weighted by Crippen LogP contribution is -2.38. The first kappa shape index (κ1) is 23.4. The number of sulfonamides is 1. The van der Waals surface area contributed by atoms with Crippen molar-refractivity contribution in [1.82, 2.24) is 0 Å². The molecule has 1 amide bonds. The summed E-state index contributed by atoms with van der Waals surface area (Å²) >= 11 is 0. The predicted octanol–water partition coefficient (Wildman–Crippen LogP) is 5.23. The van der Waals surface area contributed by atoms with E-state index in [1.165, 1.54) is 18.2 Å². The van der Waals surface area contributed by atoms with Crippen LogP contribution in [-0.4, -0.2) is 20.9 Å². The lowest BCUT2D eigenvalue weighted by Gasteiger charge is -2.24. The number of benzene rings is 3. The van der Waals surface area contributed by atoms with Crippen LogP contribution >= 0.6 is 0 Å². The Kier molecular flexibility index (Phi) is 6.93. The molecule has 8 heteroatoms. The Morgan fingerprint density at radius 2 is 1.50 bits per heavy atom. The summed E-state index contributed by atoms with van der Waals surface area (Å²) in [5, 5.41) is 2.15. The number of amides is 1. The third-order valence-electron chi connectivity index (χ3n) is 4.97. The van der Waals surface area contributed by atoms with Gasteiger partial charge in [0.15, 0.2) is 0 Å². The van der Waals surface area contributed by atoms with E-state index < -0.39 is 39.8 Å². The summed E-state index contributed by atoms with van der Waals surface area (Å²) < 4.78 is 55.6. The molecule has 0 bridgehead atoms. The van der Waals surface area contributed by atoms with Crippen molar-refractivity contribution in [3.63, 3.8) is 0 Å². The lowest BCUT2D eigenvalue weighted by atomic mass is 10.0. The molecule has 3 rings (SSSR count). The topological polar surface area (TPSA) is 66.5 Å². The summed E-state index contributed by atoms with van der Waals surface area (Å²) in [6, 6.07) is 16.2. The molecule has 3 aromatic carbocycles. The molecule has 0 radical (unpaired) electrons. The fourth-order valence-corrected chi connectivity index (χ4v) is 4.53. The number of anilines is 2. The van der Waals surface area contributed by atoms with Gasteiger partial charge in [-0.25, -0.2) is 17.2 Å². The van der Waals surface area contributed by atoms with Crippen molar-refractivity contribution in [3.8, 4) is 0 Å². The molecule has 5 nitrogen and oxygen atoms in total. The van der Waals surface area contributed by atoms with Crippen molar-refractivity contribution < 1.29 is 22.0 Å². The Morgan fingerprint density at radius 3 is 2.03 bits per heavy atom. The summed E-state index contributed by atoms with van der Waals surface area (Å²) in [6.45, 7) is 5.18. The zero-order chi connectivity index (χ0) is 23.5. The van der Waals surface area contributed by atoms with Crippen molar-refractivity contribution in [2.24, 2.45) is 0 Å². The van der Waals surface area contributed by atoms with Crippen molar-refractivity contribution in [3.05, 3.63) is 89.5 Å². The van der Waals surface area contributed by atoms with Crippen LogP contribution in [0.3, 0.4) is 0 Å². The fraction of sp³-hybridized carbons (Fsp3) is 0.208. The van der Waals surface area contributed by atoms with Gasteiger partial charge >= 0.3 is 0 Å².